The summed E-state index contributed by atoms with van der Waals surface area (Å²) in [4.78, 5) is 2.46. The minimum absolute atomic E-state index is 0.937. The van der Waals surface area contributed by atoms with Crippen LogP contribution >= 0.6 is 0 Å². The van der Waals surface area contributed by atoms with Crippen LogP contribution < -0.4 is 0 Å². The SMILES string of the molecule is CCCCC1CN(C)CC1C. The molecule has 1 aliphatic heterocycles. The first-order valence-corrected chi connectivity index (χ1v) is 4.92. The van der Waals surface area contributed by atoms with Crippen molar-refractivity contribution in [2.24, 2.45) is 11.8 Å². The molecule has 0 aromatic rings. The average molecular weight is 155 g/mol. The maximum atomic E-state index is 2.46. The van der Waals surface area contributed by atoms with Crippen LogP contribution in [-0.2, 0) is 0 Å². The highest BCUT2D eigenvalue weighted by Gasteiger charge is 2.25. The highest BCUT2D eigenvalue weighted by atomic mass is 15.1. The summed E-state index contributed by atoms with van der Waals surface area (Å²) < 4.78 is 0. The van der Waals surface area contributed by atoms with Gasteiger partial charge in [0.05, 0.1) is 0 Å². The molecule has 0 bridgehead atoms. The molecule has 0 aromatic carbocycles. The van der Waals surface area contributed by atoms with E-state index in [0.29, 0.717) is 0 Å². The monoisotopic (exact) mass is 155 g/mol. The van der Waals surface area contributed by atoms with E-state index in [2.05, 4.69) is 25.8 Å². The maximum Gasteiger partial charge on any atom is 0.000975 e. The van der Waals surface area contributed by atoms with Gasteiger partial charge in [0.25, 0.3) is 0 Å². The van der Waals surface area contributed by atoms with Gasteiger partial charge in [0.2, 0.25) is 0 Å². The van der Waals surface area contributed by atoms with E-state index in [1.807, 2.05) is 0 Å². The Morgan fingerprint density at radius 1 is 1.36 bits per heavy atom. The van der Waals surface area contributed by atoms with Crippen LogP contribution in [0.1, 0.15) is 33.1 Å². The molecule has 1 saturated heterocycles. The summed E-state index contributed by atoms with van der Waals surface area (Å²) in [5.41, 5.74) is 0. The molecule has 0 aliphatic carbocycles. The van der Waals surface area contributed by atoms with Crippen LogP contribution in [0.25, 0.3) is 0 Å². The van der Waals surface area contributed by atoms with Crippen LogP contribution in [0.2, 0.25) is 0 Å². The number of likely N-dealkylation sites (tertiary alicyclic amines) is 1. The standard InChI is InChI=1S/C10H21N/c1-4-5-6-10-8-11(3)7-9(10)2/h9-10H,4-8H2,1-3H3. The van der Waals surface area contributed by atoms with Crippen LogP contribution in [0.15, 0.2) is 0 Å². The Labute approximate surface area is 70.8 Å². The summed E-state index contributed by atoms with van der Waals surface area (Å²) in [6.07, 6.45) is 4.22. The first-order valence-electron chi connectivity index (χ1n) is 4.92. The molecule has 1 rings (SSSR count). The quantitative estimate of drug-likeness (QED) is 0.605. The van der Waals surface area contributed by atoms with Crippen molar-refractivity contribution in [2.75, 3.05) is 20.1 Å². The molecule has 1 nitrogen and oxygen atoms in total. The Morgan fingerprint density at radius 3 is 2.55 bits per heavy atom. The summed E-state index contributed by atoms with van der Waals surface area (Å²) in [6, 6.07) is 0. The molecule has 66 valence electrons. The second kappa shape index (κ2) is 4.10. The fourth-order valence-electron chi connectivity index (χ4n) is 2.14. The van der Waals surface area contributed by atoms with Crippen molar-refractivity contribution in [2.45, 2.75) is 33.1 Å². The third-order valence-electron chi connectivity index (χ3n) is 2.88. The lowest BCUT2D eigenvalue weighted by Gasteiger charge is -2.12. The van der Waals surface area contributed by atoms with Crippen LogP contribution in [-0.4, -0.2) is 25.0 Å². The summed E-state index contributed by atoms with van der Waals surface area (Å²) >= 11 is 0. The third kappa shape index (κ3) is 2.48. The van der Waals surface area contributed by atoms with Gasteiger partial charge in [0.15, 0.2) is 0 Å². The predicted molar refractivity (Wildman–Crippen MR) is 49.7 cm³/mol. The molecule has 1 fully saturated rings. The minimum atomic E-state index is 0.937. The summed E-state index contributed by atoms with van der Waals surface area (Å²) in [6.45, 7) is 7.32. The summed E-state index contributed by atoms with van der Waals surface area (Å²) in [5.74, 6) is 1.92. The molecule has 0 spiro atoms. The van der Waals surface area contributed by atoms with Crippen molar-refractivity contribution in [3.8, 4) is 0 Å². The van der Waals surface area contributed by atoms with Crippen LogP contribution in [0.4, 0.5) is 0 Å². The first-order chi connectivity index (χ1) is 5.24. The molecule has 0 N–H and O–H groups in total. The van der Waals surface area contributed by atoms with Gasteiger partial charge in [0.1, 0.15) is 0 Å². The molecule has 1 heteroatoms. The average Bonchev–Trinajstić information content (AvgIpc) is 2.26. The van der Waals surface area contributed by atoms with Gasteiger partial charge in [-0.05, 0) is 25.3 Å². The van der Waals surface area contributed by atoms with Crippen molar-refractivity contribution in [1.82, 2.24) is 4.90 Å². The molecule has 1 aliphatic rings. The highest BCUT2D eigenvalue weighted by molar-refractivity contribution is 4.78. The Hall–Kier alpha value is -0.0400. The van der Waals surface area contributed by atoms with Crippen molar-refractivity contribution >= 4 is 0 Å². The minimum Gasteiger partial charge on any atom is -0.306 e. The summed E-state index contributed by atoms with van der Waals surface area (Å²) in [5, 5.41) is 0. The highest BCUT2D eigenvalue weighted by Crippen LogP contribution is 2.25. The molecular weight excluding hydrogens is 134 g/mol. The lowest BCUT2D eigenvalue weighted by Crippen LogP contribution is -2.13. The Balaban J connectivity index is 2.23. The van der Waals surface area contributed by atoms with E-state index in [0.717, 1.165) is 11.8 Å². The fraction of sp³-hybridized carbons (Fsp3) is 1.00. The first kappa shape index (κ1) is 9.05. The molecular formula is C10H21N. The van der Waals surface area contributed by atoms with E-state index in [1.54, 1.807) is 0 Å². The van der Waals surface area contributed by atoms with E-state index >= 15 is 0 Å². The van der Waals surface area contributed by atoms with Crippen LogP contribution in [0.5, 0.6) is 0 Å². The molecule has 0 radical (unpaired) electrons. The summed E-state index contributed by atoms with van der Waals surface area (Å²) in [7, 11) is 2.24. The number of nitrogens with zero attached hydrogens (tertiary/aromatic N) is 1. The lowest BCUT2D eigenvalue weighted by atomic mass is 9.93. The maximum absolute atomic E-state index is 2.46. The number of unbranched alkanes of at least 4 members (excludes halogenated alkanes) is 1. The van der Waals surface area contributed by atoms with Gasteiger partial charge in [-0.2, -0.15) is 0 Å². The zero-order chi connectivity index (χ0) is 8.27. The number of hydrogen-bond donors (Lipinski definition) is 0. The van der Waals surface area contributed by atoms with Gasteiger partial charge in [-0.1, -0.05) is 26.7 Å². The van der Waals surface area contributed by atoms with E-state index in [-0.39, 0.29) is 0 Å². The smallest absolute Gasteiger partial charge is 0.000975 e. The van der Waals surface area contributed by atoms with Crippen LogP contribution in [0.3, 0.4) is 0 Å². The molecule has 11 heavy (non-hydrogen) atoms. The van der Waals surface area contributed by atoms with E-state index in [1.165, 1.54) is 32.4 Å². The van der Waals surface area contributed by atoms with Gasteiger partial charge in [-0.25, -0.2) is 0 Å². The van der Waals surface area contributed by atoms with Gasteiger partial charge in [-0.15, -0.1) is 0 Å². The molecule has 2 atom stereocenters. The zero-order valence-corrected chi connectivity index (χ0v) is 8.14. The van der Waals surface area contributed by atoms with Crippen molar-refractivity contribution < 1.29 is 0 Å². The Kier molecular flexibility index (Phi) is 3.38. The van der Waals surface area contributed by atoms with Gasteiger partial charge in [-0.3, -0.25) is 0 Å². The second-order valence-electron chi connectivity index (χ2n) is 4.10. The molecule has 0 amide bonds. The molecule has 0 saturated carbocycles. The third-order valence-corrected chi connectivity index (χ3v) is 2.88. The Morgan fingerprint density at radius 2 is 2.09 bits per heavy atom. The van der Waals surface area contributed by atoms with E-state index in [4.69, 9.17) is 0 Å². The largest absolute Gasteiger partial charge is 0.306 e. The molecule has 2 unspecified atom stereocenters. The fourth-order valence-corrected chi connectivity index (χ4v) is 2.14. The van der Waals surface area contributed by atoms with Gasteiger partial charge < -0.3 is 4.90 Å². The van der Waals surface area contributed by atoms with Crippen LogP contribution in [0, 0.1) is 11.8 Å². The van der Waals surface area contributed by atoms with Gasteiger partial charge in [0, 0.05) is 13.1 Å². The van der Waals surface area contributed by atoms with Gasteiger partial charge >= 0.3 is 0 Å². The Bertz CT molecular complexity index is 111. The van der Waals surface area contributed by atoms with Crippen molar-refractivity contribution in [3.05, 3.63) is 0 Å². The second-order valence-corrected chi connectivity index (χ2v) is 4.10. The van der Waals surface area contributed by atoms with Crippen molar-refractivity contribution in [3.63, 3.8) is 0 Å². The topological polar surface area (TPSA) is 3.24 Å². The van der Waals surface area contributed by atoms with E-state index in [9.17, 15) is 0 Å². The predicted octanol–water partition coefficient (Wildman–Crippen LogP) is 2.37. The van der Waals surface area contributed by atoms with E-state index < -0.39 is 0 Å². The number of hydrogen-bond acceptors (Lipinski definition) is 1. The normalized spacial score (nSPS) is 33.0. The zero-order valence-electron chi connectivity index (χ0n) is 8.14. The lowest BCUT2D eigenvalue weighted by molar-refractivity contribution is 0.382. The van der Waals surface area contributed by atoms with Crippen molar-refractivity contribution in [1.29, 1.82) is 0 Å². The molecule has 0 aromatic heterocycles. The molecule has 1 heterocycles. The number of rotatable bonds is 3.